The molecule has 0 unspecified atom stereocenters. The summed E-state index contributed by atoms with van der Waals surface area (Å²) >= 11 is 1.59. The number of benzene rings is 2. The van der Waals surface area contributed by atoms with E-state index in [9.17, 15) is 9.59 Å². The van der Waals surface area contributed by atoms with Crippen LogP contribution in [0.4, 0.5) is 5.69 Å². The first kappa shape index (κ1) is 20.3. The van der Waals surface area contributed by atoms with Crippen molar-refractivity contribution >= 4 is 29.3 Å². The van der Waals surface area contributed by atoms with Crippen LogP contribution in [0, 0.1) is 0 Å². The zero-order chi connectivity index (χ0) is 19.9. The second-order valence-electron chi connectivity index (χ2n) is 6.62. The molecule has 148 valence electrons. The summed E-state index contributed by atoms with van der Waals surface area (Å²) in [4.78, 5) is 30.2. The Balaban J connectivity index is 1.56. The van der Waals surface area contributed by atoms with Crippen LogP contribution in [0.5, 0.6) is 0 Å². The fourth-order valence-electron chi connectivity index (χ4n) is 3.27. The van der Waals surface area contributed by atoms with Gasteiger partial charge in [0.2, 0.25) is 0 Å². The van der Waals surface area contributed by atoms with Gasteiger partial charge in [-0.3, -0.25) is 4.79 Å². The van der Waals surface area contributed by atoms with E-state index in [1.54, 1.807) is 29.7 Å². The predicted octanol–water partition coefficient (Wildman–Crippen LogP) is 3.69. The molecule has 0 N–H and O–H groups in total. The van der Waals surface area contributed by atoms with Gasteiger partial charge in [0.15, 0.2) is 6.10 Å². The van der Waals surface area contributed by atoms with Gasteiger partial charge in [-0.05, 0) is 36.9 Å². The number of rotatable bonds is 6. The van der Waals surface area contributed by atoms with Gasteiger partial charge >= 0.3 is 5.97 Å². The normalized spacial score (nSPS) is 15.2. The van der Waals surface area contributed by atoms with E-state index in [4.69, 9.17) is 4.74 Å². The summed E-state index contributed by atoms with van der Waals surface area (Å²) in [5.41, 5.74) is 1.68. The van der Waals surface area contributed by atoms with Gasteiger partial charge in [-0.1, -0.05) is 37.3 Å². The number of amides is 1. The quantitative estimate of drug-likeness (QED) is 0.549. The first-order valence-corrected chi connectivity index (χ1v) is 10.6. The lowest BCUT2D eigenvalue weighted by Gasteiger charge is -2.37. The van der Waals surface area contributed by atoms with Crippen molar-refractivity contribution in [1.82, 2.24) is 4.90 Å². The second-order valence-corrected chi connectivity index (χ2v) is 7.93. The van der Waals surface area contributed by atoms with E-state index in [1.165, 1.54) is 5.69 Å². The molecule has 0 aromatic heterocycles. The number of carbonyl (C=O) groups excluding carboxylic acids is 2. The number of anilines is 1. The van der Waals surface area contributed by atoms with Crippen LogP contribution >= 0.6 is 11.8 Å². The lowest BCUT2D eigenvalue weighted by Crippen LogP contribution is -2.51. The maximum Gasteiger partial charge on any atom is 0.340 e. The average Bonchev–Trinajstić information content (AvgIpc) is 2.74. The second kappa shape index (κ2) is 9.64. The molecule has 0 aliphatic carbocycles. The Labute approximate surface area is 170 Å². The van der Waals surface area contributed by atoms with Crippen LogP contribution in [-0.4, -0.2) is 54.8 Å². The standard InChI is InChI=1S/C22H26N2O3S/c1-3-28-20-12-8-7-11-19(20)22(26)27-17(2)21(25)24-15-13-23(14-16-24)18-9-5-4-6-10-18/h4-12,17H,3,13-16H2,1-2H3/t17-/m1/s1. The summed E-state index contributed by atoms with van der Waals surface area (Å²) in [5, 5.41) is 0. The predicted molar refractivity (Wildman–Crippen MR) is 113 cm³/mol. The van der Waals surface area contributed by atoms with Gasteiger partial charge in [-0.25, -0.2) is 4.79 Å². The Morgan fingerprint density at radius 2 is 1.64 bits per heavy atom. The molecule has 0 bridgehead atoms. The molecule has 2 aromatic carbocycles. The highest BCUT2D eigenvalue weighted by molar-refractivity contribution is 7.99. The van der Waals surface area contributed by atoms with Gasteiger partial charge in [-0.15, -0.1) is 11.8 Å². The van der Waals surface area contributed by atoms with Crippen molar-refractivity contribution in [3.8, 4) is 0 Å². The third-order valence-electron chi connectivity index (χ3n) is 4.75. The Kier molecular flexibility index (Phi) is 6.98. The zero-order valence-electron chi connectivity index (χ0n) is 16.3. The van der Waals surface area contributed by atoms with E-state index in [-0.39, 0.29) is 5.91 Å². The van der Waals surface area contributed by atoms with Crippen molar-refractivity contribution in [3.63, 3.8) is 0 Å². The fraction of sp³-hybridized carbons (Fsp3) is 0.364. The molecule has 5 nitrogen and oxygen atoms in total. The number of piperazine rings is 1. The summed E-state index contributed by atoms with van der Waals surface area (Å²) in [6, 6.07) is 17.5. The SMILES string of the molecule is CCSc1ccccc1C(=O)O[C@H](C)C(=O)N1CCN(c2ccccc2)CC1. The molecule has 0 radical (unpaired) electrons. The number of carbonyl (C=O) groups is 2. The Bertz CT molecular complexity index is 804. The number of thioether (sulfide) groups is 1. The first-order chi connectivity index (χ1) is 13.6. The third kappa shape index (κ3) is 4.87. The van der Waals surface area contributed by atoms with E-state index in [1.807, 2.05) is 43.3 Å². The lowest BCUT2D eigenvalue weighted by molar-refractivity contribution is -0.140. The maximum atomic E-state index is 12.7. The van der Waals surface area contributed by atoms with Crippen LogP contribution in [0.3, 0.4) is 0 Å². The number of esters is 1. The molecule has 0 spiro atoms. The molecule has 1 amide bonds. The molecule has 28 heavy (non-hydrogen) atoms. The smallest absolute Gasteiger partial charge is 0.340 e. The van der Waals surface area contributed by atoms with Crippen molar-refractivity contribution in [2.24, 2.45) is 0 Å². The highest BCUT2D eigenvalue weighted by Crippen LogP contribution is 2.23. The molecule has 1 heterocycles. The zero-order valence-corrected chi connectivity index (χ0v) is 17.2. The largest absolute Gasteiger partial charge is 0.449 e. The van der Waals surface area contributed by atoms with Crippen LogP contribution in [-0.2, 0) is 9.53 Å². The minimum atomic E-state index is -0.796. The van der Waals surface area contributed by atoms with Gasteiger partial charge in [-0.2, -0.15) is 0 Å². The molecule has 1 saturated heterocycles. The lowest BCUT2D eigenvalue weighted by atomic mass is 10.2. The minimum Gasteiger partial charge on any atom is -0.449 e. The number of para-hydroxylation sites is 1. The summed E-state index contributed by atoms with van der Waals surface area (Å²) < 4.78 is 5.49. The Hall–Kier alpha value is -2.47. The van der Waals surface area contributed by atoms with Crippen LogP contribution in [0.25, 0.3) is 0 Å². The molecular formula is C22H26N2O3S. The highest BCUT2D eigenvalue weighted by Gasteiger charge is 2.28. The van der Waals surface area contributed by atoms with E-state index < -0.39 is 12.1 Å². The molecule has 1 aliphatic heterocycles. The van der Waals surface area contributed by atoms with Gasteiger partial charge in [0.1, 0.15) is 0 Å². The van der Waals surface area contributed by atoms with Crippen molar-refractivity contribution in [3.05, 3.63) is 60.2 Å². The molecule has 6 heteroatoms. The van der Waals surface area contributed by atoms with Gasteiger partial charge in [0.05, 0.1) is 5.56 Å². The number of hydrogen-bond acceptors (Lipinski definition) is 5. The van der Waals surface area contributed by atoms with E-state index in [0.717, 1.165) is 23.7 Å². The van der Waals surface area contributed by atoms with E-state index >= 15 is 0 Å². The minimum absolute atomic E-state index is 0.137. The molecule has 3 rings (SSSR count). The summed E-state index contributed by atoms with van der Waals surface area (Å²) in [6.07, 6.45) is -0.796. The molecular weight excluding hydrogens is 372 g/mol. The monoisotopic (exact) mass is 398 g/mol. The van der Waals surface area contributed by atoms with Gasteiger partial charge in [0.25, 0.3) is 5.91 Å². The average molecular weight is 399 g/mol. The molecule has 1 atom stereocenters. The van der Waals surface area contributed by atoms with Crippen LogP contribution in [0.15, 0.2) is 59.5 Å². The van der Waals surface area contributed by atoms with Crippen LogP contribution in [0.1, 0.15) is 24.2 Å². The number of nitrogens with zero attached hydrogens (tertiary/aromatic N) is 2. The van der Waals surface area contributed by atoms with Gasteiger partial charge < -0.3 is 14.5 Å². The van der Waals surface area contributed by atoms with Crippen LogP contribution in [0.2, 0.25) is 0 Å². The fourth-order valence-corrected chi connectivity index (χ4v) is 4.06. The van der Waals surface area contributed by atoms with Crippen molar-refractivity contribution in [1.29, 1.82) is 0 Å². The Morgan fingerprint density at radius 3 is 2.32 bits per heavy atom. The molecule has 0 saturated carbocycles. The van der Waals surface area contributed by atoms with Crippen LogP contribution < -0.4 is 4.90 Å². The summed E-state index contributed by atoms with van der Waals surface area (Å²) in [7, 11) is 0. The third-order valence-corrected chi connectivity index (χ3v) is 5.71. The summed E-state index contributed by atoms with van der Waals surface area (Å²) in [6.45, 7) is 6.47. The highest BCUT2D eigenvalue weighted by atomic mass is 32.2. The van der Waals surface area contributed by atoms with Crippen molar-refractivity contribution < 1.29 is 14.3 Å². The Morgan fingerprint density at radius 1 is 1.00 bits per heavy atom. The van der Waals surface area contributed by atoms with Crippen molar-refractivity contribution in [2.45, 2.75) is 24.8 Å². The van der Waals surface area contributed by atoms with Gasteiger partial charge in [0, 0.05) is 36.8 Å². The molecule has 1 fully saturated rings. The maximum absolute atomic E-state index is 12.7. The molecule has 2 aromatic rings. The first-order valence-electron chi connectivity index (χ1n) is 9.61. The number of ether oxygens (including phenoxy) is 1. The molecule has 1 aliphatic rings. The van der Waals surface area contributed by atoms with Crippen molar-refractivity contribution in [2.75, 3.05) is 36.8 Å². The van der Waals surface area contributed by atoms with E-state index in [2.05, 4.69) is 17.0 Å². The number of hydrogen-bond donors (Lipinski definition) is 0. The topological polar surface area (TPSA) is 49.9 Å². The van der Waals surface area contributed by atoms with E-state index in [0.29, 0.717) is 18.7 Å². The summed E-state index contributed by atoms with van der Waals surface area (Å²) in [5.74, 6) is 0.284.